The van der Waals surface area contributed by atoms with E-state index < -0.39 is 9.84 Å². The van der Waals surface area contributed by atoms with Crippen LogP contribution in [0, 0.1) is 6.92 Å². The van der Waals surface area contributed by atoms with Crippen molar-refractivity contribution in [3.8, 4) is 11.3 Å². The highest BCUT2D eigenvalue weighted by Gasteiger charge is 2.33. The summed E-state index contributed by atoms with van der Waals surface area (Å²) < 4.78 is 26.3. The number of nitrogens with zero attached hydrogens (tertiary/aromatic N) is 4. The normalized spacial score (nSPS) is 20.9. The van der Waals surface area contributed by atoms with Crippen molar-refractivity contribution in [2.45, 2.75) is 38.6 Å². The van der Waals surface area contributed by atoms with Gasteiger partial charge in [-0.25, -0.2) is 18.4 Å². The first-order chi connectivity index (χ1) is 14.9. The Morgan fingerprint density at radius 2 is 1.81 bits per heavy atom. The predicted octanol–water partition coefficient (Wildman–Crippen LogP) is 3.39. The van der Waals surface area contributed by atoms with Crippen molar-refractivity contribution < 1.29 is 13.2 Å². The van der Waals surface area contributed by atoms with E-state index in [1.807, 2.05) is 52.8 Å². The van der Waals surface area contributed by atoms with Gasteiger partial charge in [0.15, 0.2) is 15.5 Å². The van der Waals surface area contributed by atoms with Crippen molar-refractivity contribution in [2.24, 2.45) is 0 Å². The lowest BCUT2D eigenvalue weighted by Gasteiger charge is -2.26. The number of piperidine rings is 1. The van der Waals surface area contributed by atoms with Gasteiger partial charge in [0, 0.05) is 18.7 Å². The summed E-state index contributed by atoms with van der Waals surface area (Å²) in [5, 5.41) is 0. The van der Waals surface area contributed by atoms with E-state index >= 15 is 0 Å². The Hall–Kier alpha value is -2.74. The standard InChI is InChI=1S/C23H26N4O3S/c1-16-24-21-20(27(16)18-10-13-31(29,30)15-18)14-19(17-8-4-2-5-9-17)25-22(21)23(28)26-11-6-3-7-12-26/h2,4-5,8-9,14,18H,3,6-7,10-13,15H2,1H3. The van der Waals surface area contributed by atoms with Gasteiger partial charge in [0.25, 0.3) is 5.91 Å². The van der Waals surface area contributed by atoms with Crippen molar-refractivity contribution in [3.63, 3.8) is 0 Å². The molecule has 2 aliphatic heterocycles. The van der Waals surface area contributed by atoms with Crippen molar-refractivity contribution in [1.29, 1.82) is 0 Å². The summed E-state index contributed by atoms with van der Waals surface area (Å²) >= 11 is 0. The molecular formula is C23H26N4O3S. The molecule has 31 heavy (non-hydrogen) atoms. The van der Waals surface area contributed by atoms with E-state index in [4.69, 9.17) is 9.97 Å². The number of imidazole rings is 1. The van der Waals surface area contributed by atoms with E-state index in [0.717, 1.165) is 49.3 Å². The number of carbonyl (C=O) groups excluding carboxylic acids is 1. The molecule has 2 aliphatic rings. The van der Waals surface area contributed by atoms with Gasteiger partial charge >= 0.3 is 0 Å². The topological polar surface area (TPSA) is 85.2 Å². The average Bonchev–Trinajstić information content (AvgIpc) is 3.31. The van der Waals surface area contributed by atoms with Crippen LogP contribution < -0.4 is 0 Å². The van der Waals surface area contributed by atoms with E-state index in [-0.39, 0.29) is 23.5 Å². The van der Waals surface area contributed by atoms with Gasteiger partial charge in [0.05, 0.1) is 28.8 Å². The first-order valence-corrected chi connectivity index (χ1v) is 12.7. The summed E-state index contributed by atoms with van der Waals surface area (Å²) in [5.74, 6) is 0.924. The highest BCUT2D eigenvalue weighted by molar-refractivity contribution is 7.91. The number of aryl methyl sites for hydroxylation is 1. The number of fused-ring (bicyclic) bond motifs is 1. The minimum Gasteiger partial charge on any atom is -0.337 e. The molecule has 1 unspecified atom stereocenters. The molecule has 1 atom stereocenters. The van der Waals surface area contributed by atoms with Crippen molar-refractivity contribution >= 4 is 26.8 Å². The second-order valence-electron chi connectivity index (χ2n) is 8.53. The Kier molecular flexibility index (Phi) is 5.04. The molecule has 162 valence electrons. The molecule has 7 nitrogen and oxygen atoms in total. The van der Waals surface area contributed by atoms with Crippen LogP contribution >= 0.6 is 0 Å². The molecule has 3 aromatic rings. The van der Waals surface area contributed by atoms with Crippen LogP contribution in [0.3, 0.4) is 0 Å². The van der Waals surface area contributed by atoms with Crippen LogP contribution in [0.4, 0.5) is 0 Å². The largest absolute Gasteiger partial charge is 0.337 e. The third-order valence-corrected chi connectivity index (χ3v) is 8.09. The Morgan fingerprint density at radius 1 is 1.06 bits per heavy atom. The quantitative estimate of drug-likeness (QED) is 0.626. The Balaban J connectivity index is 1.70. The summed E-state index contributed by atoms with van der Waals surface area (Å²) in [6, 6.07) is 11.5. The summed E-state index contributed by atoms with van der Waals surface area (Å²) in [6.07, 6.45) is 3.70. The lowest BCUT2D eigenvalue weighted by Crippen LogP contribution is -2.36. The number of hydrogen-bond acceptors (Lipinski definition) is 5. The van der Waals surface area contributed by atoms with Crippen LogP contribution in [-0.2, 0) is 9.84 Å². The molecule has 0 saturated carbocycles. The lowest BCUT2D eigenvalue weighted by molar-refractivity contribution is 0.0720. The number of amides is 1. The first kappa shape index (κ1) is 20.2. The Bertz CT molecular complexity index is 1240. The first-order valence-electron chi connectivity index (χ1n) is 10.9. The average molecular weight is 439 g/mol. The highest BCUT2D eigenvalue weighted by atomic mass is 32.2. The second kappa shape index (κ2) is 7.75. The summed E-state index contributed by atoms with van der Waals surface area (Å²) in [5.41, 5.74) is 3.34. The zero-order chi connectivity index (χ0) is 21.6. The molecular weight excluding hydrogens is 412 g/mol. The van der Waals surface area contributed by atoms with Crippen LogP contribution in [0.1, 0.15) is 48.0 Å². The number of rotatable bonds is 3. The number of pyridine rings is 1. The van der Waals surface area contributed by atoms with Crippen LogP contribution in [0.25, 0.3) is 22.3 Å². The lowest BCUT2D eigenvalue weighted by atomic mass is 10.1. The molecule has 0 radical (unpaired) electrons. The molecule has 1 amide bonds. The van der Waals surface area contributed by atoms with Crippen molar-refractivity contribution in [3.05, 3.63) is 47.9 Å². The molecule has 4 heterocycles. The van der Waals surface area contributed by atoms with Gasteiger partial charge in [-0.3, -0.25) is 4.79 Å². The molecule has 2 saturated heterocycles. The predicted molar refractivity (Wildman–Crippen MR) is 120 cm³/mol. The molecule has 0 bridgehead atoms. The summed E-state index contributed by atoms with van der Waals surface area (Å²) in [6.45, 7) is 3.35. The van der Waals surface area contributed by atoms with Crippen molar-refractivity contribution in [2.75, 3.05) is 24.6 Å². The third-order valence-electron chi connectivity index (χ3n) is 6.34. The van der Waals surface area contributed by atoms with Gasteiger partial charge in [0.2, 0.25) is 0 Å². The Labute approximate surface area is 182 Å². The van der Waals surface area contributed by atoms with Crippen LogP contribution in [0.15, 0.2) is 36.4 Å². The smallest absolute Gasteiger partial charge is 0.274 e. The van der Waals surface area contributed by atoms with E-state index in [9.17, 15) is 13.2 Å². The van der Waals surface area contributed by atoms with Gasteiger partial charge in [-0.05, 0) is 38.7 Å². The van der Waals surface area contributed by atoms with E-state index in [1.165, 1.54) is 0 Å². The minimum absolute atomic E-state index is 0.0915. The van der Waals surface area contributed by atoms with Crippen LogP contribution in [-0.4, -0.2) is 58.4 Å². The molecule has 0 spiro atoms. The minimum atomic E-state index is -3.05. The molecule has 2 fully saturated rings. The fourth-order valence-corrected chi connectivity index (χ4v) is 6.50. The van der Waals surface area contributed by atoms with Crippen LogP contribution in [0.5, 0.6) is 0 Å². The summed E-state index contributed by atoms with van der Waals surface area (Å²) in [7, 11) is -3.05. The maximum absolute atomic E-state index is 13.5. The third kappa shape index (κ3) is 3.73. The van der Waals surface area contributed by atoms with Gasteiger partial charge in [-0.1, -0.05) is 30.3 Å². The fraction of sp³-hybridized carbons (Fsp3) is 0.435. The number of carbonyl (C=O) groups is 1. The number of sulfone groups is 1. The zero-order valence-electron chi connectivity index (χ0n) is 17.6. The second-order valence-corrected chi connectivity index (χ2v) is 10.8. The summed E-state index contributed by atoms with van der Waals surface area (Å²) in [4.78, 5) is 24.8. The molecule has 1 aromatic carbocycles. The fourth-order valence-electron chi connectivity index (χ4n) is 4.80. The van der Waals surface area contributed by atoms with E-state index in [2.05, 4.69) is 0 Å². The number of hydrogen-bond donors (Lipinski definition) is 0. The van der Waals surface area contributed by atoms with Crippen molar-refractivity contribution in [1.82, 2.24) is 19.4 Å². The highest BCUT2D eigenvalue weighted by Crippen LogP contribution is 2.33. The monoisotopic (exact) mass is 438 g/mol. The molecule has 2 aromatic heterocycles. The number of benzene rings is 1. The number of aromatic nitrogens is 3. The molecule has 8 heteroatoms. The zero-order valence-corrected chi connectivity index (χ0v) is 18.4. The number of likely N-dealkylation sites (tertiary alicyclic amines) is 1. The van der Waals surface area contributed by atoms with Gasteiger partial charge in [-0.2, -0.15) is 0 Å². The van der Waals surface area contributed by atoms with Crippen LogP contribution in [0.2, 0.25) is 0 Å². The van der Waals surface area contributed by atoms with E-state index in [0.29, 0.717) is 23.3 Å². The Morgan fingerprint density at radius 3 is 2.48 bits per heavy atom. The van der Waals surface area contributed by atoms with Gasteiger partial charge in [-0.15, -0.1) is 0 Å². The van der Waals surface area contributed by atoms with Gasteiger partial charge in [0.1, 0.15) is 11.3 Å². The van der Waals surface area contributed by atoms with E-state index in [1.54, 1.807) is 0 Å². The maximum atomic E-state index is 13.5. The van der Waals surface area contributed by atoms with Gasteiger partial charge < -0.3 is 9.47 Å². The molecule has 0 aliphatic carbocycles. The maximum Gasteiger partial charge on any atom is 0.274 e. The SMILES string of the molecule is Cc1nc2c(C(=O)N3CCCCC3)nc(-c3ccccc3)cc2n1C1CCS(=O)(=O)C1. The molecule has 5 rings (SSSR count). The molecule has 0 N–H and O–H groups in total.